The lowest BCUT2D eigenvalue weighted by Gasteiger charge is -2.44. The van der Waals surface area contributed by atoms with Crippen molar-refractivity contribution in [2.24, 2.45) is 5.92 Å². The second-order valence-electron chi connectivity index (χ2n) is 7.12. The molecule has 5 heteroatoms. The fourth-order valence-electron chi connectivity index (χ4n) is 4.49. The van der Waals surface area contributed by atoms with E-state index in [9.17, 15) is 10.1 Å². The van der Waals surface area contributed by atoms with Gasteiger partial charge in [0.15, 0.2) is 6.61 Å². The van der Waals surface area contributed by atoms with Gasteiger partial charge in [-0.1, -0.05) is 31.0 Å². The Morgan fingerprint density at radius 2 is 2.04 bits per heavy atom. The van der Waals surface area contributed by atoms with E-state index in [2.05, 4.69) is 11.1 Å². The summed E-state index contributed by atoms with van der Waals surface area (Å²) in [6, 6.07) is 10.2. The molecular weight excluding hydrogens is 314 g/mol. The van der Waals surface area contributed by atoms with Crippen LogP contribution in [0.15, 0.2) is 24.3 Å². The molecule has 0 bridgehead atoms. The predicted octanol–water partition coefficient (Wildman–Crippen LogP) is 3.60. The minimum absolute atomic E-state index is 0.00920. The van der Waals surface area contributed by atoms with E-state index in [1.165, 1.54) is 25.7 Å². The molecule has 25 heavy (non-hydrogen) atoms. The summed E-state index contributed by atoms with van der Waals surface area (Å²) in [6.45, 7) is 0.825. The van der Waals surface area contributed by atoms with Crippen molar-refractivity contribution in [2.45, 2.75) is 44.6 Å². The average molecular weight is 337 g/mol. The maximum Gasteiger partial charge on any atom is 0.260 e. The molecule has 1 saturated heterocycles. The van der Waals surface area contributed by atoms with Crippen molar-refractivity contribution in [3.05, 3.63) is 29.8 Å². The fourth-order valence-corrected chi connectivity index (χ4v) is 4.49. The van der Waals surface area contributed by atoms with Gasteiger partial charge in [-0.2, -0.15) is 5.26 Å². The number of carbonyl (C=O) groups excluding carboxylic acids is 1. The molecule has 0 radical (unpaired) electrons. The third-order valence-electron chi connectivity index (χ3n) is 5.69. The summed E-state index contributed by atoms with van der Waals surface area (Å²) < 4.78 is 5.74. The van der Waals surface area contributed by atoms with Gasteiger partial charge in [-0.15, -0.1) is 0 Å². The van der Waals surface area contributed by atoms with Crippen LogP contribution in [0.1, 0.15) is 44.1 Å². The molecule has 5 nitrogen and oxygen atoms in total. The Kier molecular flexibility index (Phi) is 4.35. The zero-order chi connectivity index (χ0) is 17.2. The van der Waals surface area contributed by atoms with Crippen molar-refractivity contribution in [3.63, 3.8) is 0 Å². The zero-order valence-corrected chi connectivity index (χ0v) is 14.3. The van der Waals surface area contributed by atoms with Crippen LogP contribution in [0.5, 0.6) is 5.88 Å². The molecule has 1 N–H and O–H groups in total. The van der Waals surface area contributed by atoms with Crippen molar-refractivity contribution in [3.8, 4) is 11.9 Å². The largest absolute Gasteiger partial charge is 0.468 e. The lowest BCUT2D eigenvalue weighted by molar-refractivity contribution is -0.139. The predicted molar refractivity (Wildman–Crippen MR) is 95.2 cm³/mol. The lowest BCUT2D eigenvalue weighted by Crippen LogP contribution is -2.51. The number of fused-ring (bicyclic) bond motifs is 2. The Hall–Kier alpha value is -2.48. The first-order chi connectivity index (χ1) is 12.3. The normalized spacial score (nSPS) is 23.1. The summed E-state index contributed by atoms with van der Waals surface area (Å²) in [5.74, 6) is 1.10. The molecule has 1 aromatic carbocycles. The minimum atomic E-state index is -0.00920. The van der Waals surface area contributed by atoms with E-state index in [1.807, 2.05) is 29.2 Å². The van der Waals surface area contributed by atoms with E-state index >= 15 is 0 Å². The number of hydrogen-bond donors (Lipinski definition) is 1. The second-order valence-corrected chi connectivity index (χ2v) is 7.12. The zero-order valence-electron chi connectivity index (χ0n) is 14.3. The number of benzene rings is 1. The number of aromatic amines is 1. The van der Waals surface area contributed by atoms with Crippen molar-refractivity contribution < 1.29 is 9.53 Å². The SMILES string of the molecule is N#Cc1c(OCC(=O)N2CCC[C@@H]3CCCC[C@@H]32)[nH]c2ccccc12. The number of rotatable bonds is 3. The Bertz CT molecular complexity index is 818. The molecule has 4 rings (SSSR count). The van der Waals surface area contributed by atoms with Crippen LogP contribution < -0.4 is 4.74 Å². The van der Waals surface area contributed by atoms with Gasteiger partial charge in [0.1, 0.15) is 11.6 Å². The van der Waals surface area contributed by atoms with Gasteiger partial charge in [-0.05, 0) is 37.7 Å². The quantitative estimate of drug-likeness (QED) is 0.930. The number of aromatic nitrogens is 1. The van der Waals surface area contributed by atoms with Crippen molar-refractivity contribution in [1.29, 1.82) is 5.26 Å². The number of carbonyl (C=O) groups is 1. The highest BCUT2D eigenvalue weighted by molar-refractivity contribution is 5.88. The highest BCUT2D eigenvalue weighted by atomic mass is 16.5. The standard InChI is InChI=1S/C20H23N3O2/c21-12-16-15-8-2-3-9-17(15)22-20(16)25-13-19(24)23-11-5-7-14-6-1-4-10-18(14)23/h2-3,8-9,14,18,22H,1,4-7,10-11,13H2/t14-,18-/m0/s1. The molecule has 0 spiro atoms. The topological polar surface area (TPSA) is 69.1 Å². The Morgan fingerprint density at radius 3 is 2.92 bits per heavy atom. The maximum atomic E-state index is 12.7. The van der Waals surface area contributed by atoms with Crippen LogP contribution in [-0.4, -0.2) is 35.0 Å². The first kappa shape index (κ1) is 16.0. The molecule has 1 amide bonds. The van der Waals surface area contributed by atoms with E-state index in [-0.39, 0.29) is 12.5 Å². The minimum Gasteiger partial charge on any atom is -0.468 e. The number of nitriles is 1. The van der Waals surface area contributed by atoms with E-state index in [0.29, 0.717) is 23.4 Å². The number of H-pyrrole nitrogens is 1. The smallest absolute Gasteiger partial charge is 0.260 e. The summed E-state index contributed by atoms with van der Waals surface area (Å²) >= 11 is 0. The Labute approximate surface area is 147 Å². The van der Waals surface area contributed by atoms with Gasteiger partial charge >= 0.3 is 0 Å². The fraction of sp³-hybridized carbons (Fsp3) is 0.500. The van der Waals surface area contributed by atoms with Crippen LogP contribution in [0, 0.1) is 17.2 Å². The molecule has 0 unspecified atom stereocenters. The van der Waals surface area contributed by atoms with Crippen LogP contribution in [0.4, 0.5) is 0 Å². The van der Waals surface area contributed by atoms with Crippen molar-refractivity contribution in [1.82, 2.24) is 9.88 Å². The summed E-state index contributed by atoms with van der Waals surface area (Å²) in [7, 11) is 0. The van der Waals surface area contributed by atoms with Gasteiger partial charge in [-0.25, -0.2) is 0 Å². The molecule has 2 aromatic rings. The van der Waals surface area contributed by atoms with Gasteiger partial charge in [-0.3, -0.25) is 4.79 Å². The third-order valence-corrected chi connectivity index (χ3v) is 5.69. The molecule has 2 aliphatic rings. The number of para-hydroxylation sites is 1. The number of ether oxygens (including phenoxy) is 1. The lowest BCUT2D eigenvalue weighted by atomic mass is 9.78. The molecule has 1 aliphatic heterocycles. The summed E-state index contributed by atoms with van der Waals surface area (Å²) in [5.41, 5.74) is 1.32. The molecule has 1 aliphatic carbocycles. The summed E-state index contributed by atoms with van der Waals surface area (Å²) in [6.07, 6.45) is 7.20. The highest BCUT2D eigenvalue weighted by Crippen LogP contribution is 2.35. The molecule has 1 aromatic heterocycles. The molecule has 2 heterocycles. The van der Waals surface area contributed by atoms with Gasteiger partial charge in [0.05, 0.1) is 0 Å². The van der Waals surface area contributed by atoms with Crippen LogP contribution in [0.2, 0.25) is 0 Å². The van der Waals surface area contributed by atoms with E-state index in [0.717, 1.165) is 30.3 Å². The molecule has 1 saturated carbocycles. The van der Waals surface area contributed by atoms with E-state index in [1.54, 1.807) is 0 Å². The monoisotopic (exact) mass is 337 g/mol. The van der Waals surface area contributed by atoms with Gasteiger partial charge < -0.3 is 14.6 Å². The van der Waals surface area contributed by atoms with E-state index in [4.69, 9.17) is 4.74 Å². The summed E-state index contributed by atoms with van der Waals surface area (Å²) in [5, 5.41) is 10.3. The number of piperidine rings is 1. The Morgan fingerprint density at radius 1 is 1.24 bits per heavy atom. The number of nitrogens with one attached hydrogen (secondary N) is 1. The number of amides is 1. The first-order valence-corrected chi connectivity index (χ1v) is 9.21. The van der Waals surface area contributed by atoms with Crippen LogP contribution >= 0.6 is 0 Å². The van der Waals surface area contributed by atoms with E-state index < -0.39 is 0 Å². The van der Waals surface area contributed by atoms with Crippen LogP contribution in [0.3, 0.4) is 0 Å². The number of hydrogen-bond acceptors (Lipinski definition) is 3. The summed E-state index contributed by atoms with van der Waals surface area (Å²) in [4.78, 5) is 17.9. The Balaban J connectivity index is 1.48. The van der Waals surface area contributed by atoms with Crippen LogP contribution in [-0.2, 0) is 4.79 Å². The number of nitrogens with zero attached hydrogens (tertiary/aromatic N) is 2. The number of likely N-dealkylation sites (tertiary alicyclic amines) is 1. The molecule has 130 valence electrons. The molecule has 2 fully saturated rings. The maximum absolute atomic E-state index is 12.7. The van der Waals surface area contributed by atoms with Crippen molar-refractivity contribution >= 4 is 16.8 Å². The molecular formula is C20H23N3O2. The van der Waals surface area contributed by atoms with Crippen LogP contribution in [0.25, 0.3) is 10.9 Å². The third kappa shape index (κ3) is 2.97. The average Bonchev–Trinajstić information content (AvgIpc) is 3.03. The highest BCUT2D eigenvalue weighted by Gasteiger charge is 2.35. The van der Waals surface area contributed by atoms with Gasteiger partial charge in [0.25, 0.3) is 5.91 Å². The van der Waals surface area contributed by atoms with Gasteiger partial charge in [0, 0.05) is 23.5 Å². The first-order valence-electron chi connectivity index (χ1n) is 9.21. The van der Waals surface area contributed by atoms with Gasteiger partial charge in [0.2, 0.25) is 5.88 Å². The van der Waals surface area contributed by atoms with Crippen molar-refractivity contribution in [2.75, 3.05) is 13.2 Å². The molecule has 2 atom stereocenters. The second kappa shape index (κ2) is 6.79.